The molecule has 8 heteroatoms. The van der Waals surface area contributed by atoms with Gasteiger partial charge in [-0.05, 0) is 42.0 Å². The number of carbonyl (C=O) groups is 1. The third kappa shape index (κ3) is 4.63. The molecule has 1 fully saturated rings. The number of hydrogen-bond acceptors (Lipinski definition) is 5. The van der Waals surface area contributed by atoms with Crippen molar-refractivity contribution >= 4 is 29.0 Å². The Morgan fingerprint density at radius 3 is 2.83 bits per heavy atom. The van der Waals surface area contributed by atoms with E-state index in [4.69, 9.17) is 22.1 Å². The molecule has 2 aromatic carbocycles. The maximum atomic E-state index is 13.9. The van der Waals surface area contributed by atoms with Gasteiger partial charge in [0, 0.05) is 35.1 Å². The lowest BCUT2D eigenvalue weighted by Crippen LogP contribution is -2.54. The van der Waals surface area contributed by atoms with Gasteiger partial charge in [0.25, 0.3) is 0 Å². The first-order valence-corrected chi connectivity index (χ1v) is 9.81. The predicted molar refractivity (Wildman–Crippen MR) is 115 cm³/mol. The summed E-state index contributed by atoms with van der Waals surface area (Å²) in [6.07, 6.45) is 1.61. The zero-order valence-electron chi connectivity index (χ0n) is 16.0. The highest BCUT2D eigenvalue weighted by molar-refractivity contribution is 6.30. The Kier molecular flexibility index (Phi) is 5.72. The van der Waals surface area contributed by atoms with Crippen molar-refractivity contribution in [2.45, 2.75) is 12.6 Å². The van der Waals surface area contributed by atoms with E-state index in [0.29, 0.717) is 30.2 Å². The van der Waals surface area contributed by atoms with Crippen LogP contribution in [0.3, 0.4) is 0 Å². The molecule has 1 amide bonds. The van der Waals surface area contributed by atoms with Crippen molar-refractivity contribution in [2.24, 2.45) is 5.73 Å². The molecule has 1 saturated heterocycles. The number of nitrogens with two attached hydrogens (primary N) is 1. The number of benzene rings is 2. The summed E-state index contributed by atoms with van der Waals surface area (Å²) in [5.41, 5.74) is 7.66. The second-order valence-electron chi connectivity index (χ2n) is 7.04. The molecule has 3 aromatic rings. The van der Waals surface area contributed by atoms with E-state index < -0.39 is 11.7 Å². The van der Waals surface area contributed by atoms with E-state index in [9.17, 15) is 9.18 Å². The predicted octanol–water partition coefficient (Wildman–Crippen LogP) is 3.85. The molecule has 1 aliphatic rings. The van der Waals surface area contributed by atoms with Gasteiger partial charge in [0.1, 0.15) is 11.9 Å². The van der Waals surface area contributed by atoms with Crippen molar-refractivity contribution in [3.8, 4) is 5.75 Å². The van der Waals surface area contributed by atoms with Crippen molar-refractivity contribution in [2.75, 3.05) is 23.3 Å². The summed E-state index contributed by atoms with van der Waals surface area (Å²) in [6, 6.07) is 15.4. The van der Waals surface area contributed by atoms with Crippen LogP contribution in [-0.2, 0) is 6.54 Å². The van der Waals surface area contributed by atoms with Crippen LogP contribution < -0.4 is 20.7 Å². The maximum absolute atomic E-state index is 13.9. The summed E-state index contributed by atoms with van der Waals surface area (Å²) in [6.45, 7) is 1.77. The number of hydrogen-bond donors (Lipinski definition) is 2. The monoisotopic (exact) mass is 426 g/mol. The molecule has 30 heavy (non-hydrogen) atoms. The Morgan fingerprint density at radius 2 is 2.07 bits per heavy atom. The fraction of sp³-hybridized carbons (Fsp3) is 0.182. The van der Waals surface area contributed by atoms with Gasteiger partial charge < -0.3 is 20.7 Å². The van der Waals surface area contributed by atoms with Gasteiger partial charge in [-0.3, -0.25) is 4.79 Å². The fourth-order valence-electron chi connectivity index (χ4n) is 3.19. The number of ether oxygens (including phenoxy) is 1. The van der Waals surface area contributed by atoms with Crippen LogP contribution in [0.5, 0.6) is 5.75 Å². The van der Waals surface area contributed by atoms with Gasteiger partial charge in [0.05, 0.1) is 13.1 Å². The lowest BCUT2D eigenvalue weighted by molar-refractivity contribution is 0.1000. The Morgan fingerprint density at radius 1 is 1.23 bits per heavy atom. The fourth-order valence-corrected chi connectivity index (χ4v) is 3.35. The molecule has 2 heterocycles. The number of amides is 1. The highest BCUT2D eigenvalue weighted by Gasteiger charge is 2.30. The zero-order valence-corrected chi connectivity index (χ0v) is 16.8. The molecule has 0 aliphatic carbocycles. The molecule has 6 nitrogen and oxygen atoms in total. The van der Waals surface area contributed by atoms with E-state index in [2.05, 4.69) is 15.2 Å². The normalized spacial score (nSPS) is 13.6. The molecule has 0 saturated carbocycles. The smallest absolute Gasteiger partial charge is 0.248 e. The largest absolute Gasteiger partial charge is 0.484 e. The minimum absolute atomic E-state index is 0.115. The van der Waals surface area contributed by atoms with Gasteiger partial charge in [-0.15, -0.1) is 0 Å². The first-order valence-electron chi connectivity index (χ1n) is 9.43. The number of nitrogens with zero attached hydrogens (tertiary/aromatic N) is 2. The number of nitrogens with one attached hydrogen (secondary N) is 1. The molecule has 1 aromatic heterocycles. The molecule has 1 aliphatic heterocycles. The summed E-state index contributed by atoms with van der Waals surface area (Å²) in [7, 11) is 0. The number of primary amides is 1. The molecular formula is C22H20ClFN4O2. The second kappa shape index (κ2) is 8.59. The molecule has 0 atom stereocenters. The van der Waals surface area contributed by atoms with Crippen molar-refractivity contribution in [3.05, 3.63) is 82.8 Å². The van der Waals surface area contributed by atoms with E-state index in [1.807, 2.05) is 18.2 Å². The quantitative estimate of drug-likeness (QED) is 0.599. The summed E-state index contributed by atoms with van der Waals surface area (Å²) in [5.74, 6) is 0.0923. The highest BCUT2D eigenvalue weighted by Crippen LogP contribution is 2.27. The van der Waals surface area contributed by atoms with Gasteiger partial charge in [-0.25, -0.2) is 9.37 Å². The number of pyridine rings is 1. The summed E-state index contributed by atoms with van der Waals surface area (Å²) >= 11 is 5.77. The van der Waals surface area contributed by atoms with E-state index in [1.165, 1.54) is 12.1 Å². The molecule has 0 bridgehead atoms. The van der Waals surface area contributed by atoms with Crippen LogP contribution in [0, 0.1) is 5.82 Å². The number of rotatable bonds is 7. The first kappa shape index (κ1) is 20.0. The molecule has 3 N–H and O–H groups in total. The van der Waals surface area contributed by atoms with Gasteiger partial charge in [-0.1, -0.05) is 23.7 Å². The second-order valence-corrected chi connectivity index (χ2v) is 7.48. The van der Waals surface area contributed by atoms with Crippen molar-refractivity contribution < 1.29 is 13.9 Å². The third-order valence-corrected chi connectivity index (χ3v) is 5.05. The SMILES string of the molecule is NC(=O)c1cccc(CNc2ccnc(N3CC(Oc4ccc(Cl)cc4F)C3)c2)c1. The summed E-state index contributed by atoms with van der Waals surface area (Å²) < 4.78 is 19.6. The van der Waals surface area contributed by atoms with Crippen molar-refractivity contribution in [1.82, 2.24) is 4.98 Å². The molecule has 154 valence electrons. The summed E-state index contributed by atoms with van der Waals surface area (Å²) in [5, 5.41) is 3.66. The van der Waals surface area contributed by atoms with Crippen molar-refractivity contribution in [1.29, 1.82) is 0 Å². The van der Waals surface area contributed by atoms with Crippen LogP contribution in [0.15, 0.2) is 60.8 Å². The zero-order chi connectivity index (χ0) is 21.1. The third-order valence-electron chi connectivity index (χ3n) is 4.81. The number of carbonyl (C=O) groups excluding carboxylic acids is 1. The minimum Gasteiger partial charge on any atom is -0.484 e. The average Bonchev–Trinajstić information content (AvgIpc) is 2.70. The van der Waals surface area contributed by atoms with Crippen LogP contribution in [0.1, 0.15) is 15.9 Å². The average molecular weight is 427 g/mol. The first-order chi connectivity index (χ1) is 14.5. The van der Waals surface area contributed by atoms with Gasteiger partial charge in [-0.2, -0.15) is 0 Å². The lowest BCUT2D eigenvalue weighted by Gasteiger charge is -2.39. The molecule has 4 rings (SSSR count). The Balaban J connectivity index is 1.33. The van der Waals surface area contributed by atoms with E-state index in [0.717, 1.165) is 17.1 Å². The Bertz CT molecular complexity index is 1070. The van der Waals surface area contributed by atoms with E-state index in [1.54, 1.807) is 30.5 Å². The Hall–Kier alpha value is -3.32. The molecular weight excluding hydrogens is 407 g/mol. The van der Waals surface area contributed by atoms with E-state index >= 15 is 0 Å². The lowest BCUT2D eigenvalue weighted by atomic mass is 10.1. The maximum Gasteiger partial charge on any atom is 0.248 e. The van der Waals surface area contributed by atoms with Gasteiger partial charge in [0.2, 0.25) is 5.91 Å². The molecule has 0 unspecified atom stereocenters. The topological polar surface area (TPSA) is 80.5 Å². The number of anilines is 2. The molecule has 0 spiro atoms. The van der Waals surface area contributed by atoms with E-state index in [-0.39, 0.29) is 11.9 Å². The van der Waals surface area contributed by atoms with Crippen LogP contribution in [-0.4, -0.2) is 30.1 Å². The summed E-state index contributed by atoms with van der Waals surface area (Å²) in [4.78, 5) is 17.8. The minimum atomic E-state index is -0.467. The van der Waals surface area contributed by atoms with Gasteiger partial charge in [0.15, 0.2) is 11.6 Å². The number of halogens is 2. The standard InChI is InChI=1S/C22H20ClFN4O2/c23-16-4-5-20(19(24)9-16)30-18-12-28(13-18)21-10-17(6-7-26-21)27-11-14-2-1-3-15(8-14)22(25)29/h1-10,18H,11-13H2,(H2,25,29)(H,26,27). The molecule has 0 radical (unpaired) electrons. The van der Waals surface area contributed by atoms with Crippen LogP contribution in [0.4, 0.5) is 15.9 Å². The highest BCUT2D eigenvalue weighted by atomic mass is 35.5. The van der Waals surface area contributed by atoms with Crippen LogP contribution in [0.2, 0.25) is 5.02 Å². The van der Waals surface area contributed by atoms with Crippen LogP contribution >= 0.6 is 11.6 Å². The van der Waals surface area contributed by atoms with Crippen molar-refractivity contribution in [3.63, 3.8) is 0 Å². The van der Waals surface area contributed by atoms with Crippen LogP contribution in [0.25, 0.3) is 0 Å². The van der Waals surface area contributed by atoms with Gasteiger partial charge >= 0.3 is 0 Å². The Labute approximate surface area is 178 Å². The number of aromatic nitrogens is 1.